The van der Waals surface area contributed by atoms with Gasteiger partial charge in [-0.2, -0.15) is 4.31 Å². The molecule has 156 valence electrons. The summed E-state index contributed by atoms with van der Waals surface area (Å²) in [6, 6.07) is 16.9. The number of nitrogens with one attached hydrogen (secondary N) is 1. The first-order valence-corrected chi connectivity index (χ1v) is 11.9. The van der Waals surface area contributed by atoms with Crippen LogP contribution in [-0.4, -0.2) is 38.3 Å². The highest BCUT2D eigenvalue weighted by molar-refractivity contribution is 7.89. The van der Waals surface area contributed by atoms with Crippen molar-refractivity contribution in [1.29, 1.82) is 0 Å². The zero-order chi connectivity index (χ0) is 20.7. The largest absolute Gasteiger partial charge is 0.355 e. The van der Waals surface area contributed by atoms with E-state index in [-0.39, 0.29) is 18.2 Å². The second kappa shape index (κ2) is 10.0. The summed E-state index contributed by atoms with van der Waals surface area (Å²) >= 11 is 0. The van der Waals surface area contributed by atoms with Crippen molar-refractivity contribution in [2.45, 2.75) is 49.8 Å². The summed E-state index contributed by atoms with van der Waals surface area (Å²) in [5.74, 6) is 0.239. The molecule has 1 unspecified atom stereocenters. The van der Waals surface area contributed by atoms with Gasteiger partial charge in [-0.1, -0.05) is 55.8 Å². The lowest BCUT2D eigenvalue weighted by molar-refractivity contribution is -0.120. The topological polar surface area (TPSA) is 66.5 Å². The third kappa shape index (κ3) is 5.67. The predicted octanol–water partition coefficient (Wildman–Crippen LogP) is 3.71. The van der Waals surface area contributed by atoms with Crippen molar-refractivity contribution < 1.29 is 13.2 Å². The van der Waals surface area contributed by atoms with E-state index in [9.17, 15) is 13.2 Å². The van der Waals surface area contributed by atoms with Crippen molar-refractivity contribution in [3.05, 3.63) is 65.7 Å². The second-order valence-corrected chi connectivity index (χ2v) is 9.54. The summed E-state index contributed by atoms with van der Waals surface area (Å²) in [7, 11) is -3.43. The minimum absolute atomic E-state index is 0.0500. The molecule has 1 fully saturated rings. The highest BCUT2D eigenvalue weighted by atomic mass is 32.2. The molecule has 1 saturated heterocycles. The maximum Gasteiger partial charge on any atom is 0.243 e. The highest BCUT2D eigenvalue weighted by Crippen LogP contribution is 2.21. The lowest BCUT2D eigenvalue weighted by Gasteiger charge is -2.25. The molecule has 0 saturated carbocycles. The Hall–Kier alpha value is -2.18. The van der Waals surface area contributed by atoms with Crippen LogP contribution in [0.15, 0.2) is 59.5 Å². The van der Waals surface area contributed by atoms with Crippen molar-refractivity contribution in [2.24, 2.45) is 0 Å². The van der Waals surface area contributed by atoms with Gasteiger partial charge in [-0.25, -0.2) is 8.42 Å². The fourth-order valence-electron chi connectivity index (χ4n) is 3.74. The summed E-state index contributed by atoms with van der Waals surface area (Å²) in [4.78, 5) is 12.7. The van der Waals surface area contributed by atoms with Crippen molar-refractivity contribution in [3.8, 4) is 0 Å². The molecule has 6 heteroatoms. The van der Waals surface area contributed by atoms with Gasteiger partial charge in [-0.05, 0) is 42.5 Å². The molecule has 2 aromatic rings. The third-order valence-corrected chi connectivity index (χ3v) is 7.46. The molecule has 0 aliphatic carbocycles. The van der Waals surface area contributed by atoms with Crippen LogP contribution in [-0.2, 0) is 21.2 Å². The van der Waals surface area contributed by atoms with Gasteiger partial charge in [0, 0.05) is 25.6 Å². The third-order valence-electron chi connectivity index (χ3n) is 5.55. The standard InChI is InChI=1S/C23H30N2O3S/c1-2-20(21-9-5-3-6-10-21)18-24-23(26)17-19-11-13-22(14-12-19)29(27,28)25-15-7-4-8-16-25/h3,5-6,9-14,20H,2,4,7-8,15-18H2,1H3,(H,24,26). The van der Waals surface area contributed by atoms with Crippen molar-refractivity contribution in [1.82, 2.24) is 9.62 Å². The van der Waals surface area contributed by atoms with Crippen LogP contribution in [0.1, 0.15) is 49.7 Å². The van der Waals surface area contributed by atoms with Gasteiger partial charge in [0.25, 0.3) is 0 Å². The molecule has 0 bridgehead atoms. The molecule has 3 rings (SSSR count). The summed E-state index contributed by atoms with van der Waals surface area (Å²) < 4.78 is 27.0. The smallest absolute Gasteiger partial charge is 0.243 e. The van der Waals surface area contributed by atoms with Gasteiger partial charge in [0.05, 0.1) is 11.3 Å². The Balaban J connectivity index is 1.56. The van der Waals surface area contributed by atoms with Gasteiger partial charge in [-0.3, -0.25) is 4.79 Å². The second-order valence-electron chi connectivity index (χ2n) is 7.61. The van der Waals surface area contributed by atoms with E-state index in [0.717, 1.165) is 31.2 Å². The Morgan fingerprint density at radius 2 is 1.66 bits per heavy atom. The first-order chi connectivity index (χ1) is 14.0. The summed E-state index contributed by atoms with van der Waals surface area (Å²) in [5.41, 5.74) is 2.04. The van der Waals surface area contributed by atoms with Crippen molar-refractivity contribution >= 4 is 15.9 Å². The first kappa shape index (κ1) is 21.5. The van der Waals surface area contributed by atoms with E-state index >= 15 is 0 Å². The molecule has 1 aliphatic heterocycles. The van der Waals surface area contributed by atoms with Crippen LogP contribution in [0.4, 0.5) is 0 Å². The summed E-state index contributed by atoms with van der Waals surface area (Å²) in [6.07, 6.45) is 4.12. The minimum atomic E-state index is -3.43. The molecule has 1 amide bonds. The normalized spacial score (nSPS) is 16.3. The van der Waals surface area contributed by atoms with Crippen LogP contribution in [0.3, 0.4) is 0 Å². The van der Waals surface area contributed by atoms with Crippen molar-refractivity contribution in [2.75, 3.05) is 19.6 Å². The fourth-order valence-corrected chi connectivity index (χ4v) is 5.26. The van der Waals surface area contributed by atoms with E-state index in [1.165, 1.54) is 5.56 Å². The van der Waals surface area contributed by atoms with Crippen LogP contribution >= 0.6 is 0 Å². The van der Waals surface area contributed by atoms with Crippen LogP contribution in [0.5, 0.6) is 0 Å². The quantitative estimate of drug-likeness (QED) is 0.716. The Kier molecular flexibility index (Phi) is 7.45. The van der Waals surface area contributed by atoms with E-state index in [2.05, 4.69) is 24.4 Å². The number of carbonyl (C=O) groups is 1. The van der Waals surface area contributed by atoms with Gasteiger partial charge < -0.3 is 5.32 Å². The van der Waals surface area contributed by atoms with Gasteiger partial charge in [0.1, 0.15) is 0 Å². The van der Waals surface area contributed by atoms with Crippen LogP contribution < -0.4 is 5.32 Å². The lowest BCUT2D eigenvalue weighted by atomic mass is 9.96. The molecule has 29 heavy (non-hydrogen) atoms. The SMILES string of the molecule is CCC(CNC(=O)Cc1ccc(S(=O)(=O)N2CCCCC2)cc1)c1ccccc1. The van der Waals surface area contributed by atoms with E-state index in [0.29, 0.717) is 24.5 Å². The molecule has 2 aromatic carbocycles. The highest BCUT2D eigenvalue weighted by Gasteiger charge is 2.25. The molecular formula is C23H30N2O3S. The van der Waals surface area contributed by atoms with Crippen LogP contribution in [0.2, 0.25) is 0 Å². The Labute approximate surface area is 174 Å². The molecule has 1 N–H and O–H groups in total. The van der Waals surface area contributed by atoms with E-state index < -0.39 is 10.0 Å². The maximum atomic E-state index is 12.7. The number of amides is 1. The number of sulfonamides is 1. The molecular weight excluding hydrogens is 384 g/mol. The molecule has 0 aromatic heterocycles. The van der Waals surface area contributed by atoms with Crippen molar-refractivity contribution in [3.63, 3.8) is 0 Å². The fraction of sp³-hybridized carbons (Fsp3) is 0.435. The molecule has 0 radical (unpaired) electrons. The number of rotatable bonds is 8. The number of carbonyl (C=O) groups excluding carboxylic acids is 1. The van der Waals surface area contributed by atoms with E-state index in [1.54, 1.807) is 28.6 Å². The average molecular weight is 415 g/mol. The zero-order valence-electron chi connectivity index (χ0n) is 17.0. The Morgan fingerprint density at radius 3 is 2.28 bits per heavy atom. The average Bonchev–Trinajstić information content (AvgIpc) is 2.76. The lowest BCUT2D eigenvalue weighted by Crippen LogP contribution is -2.35. The number of benzene rings is 2. The molecule has 1 atom stereocenters. The van der Waals surface area contributed by atoms with E-state index in [1.807, 2.05) is 18.2 Å². The monoisotopic (exact) mass is 414 g/mol. The van der Waals surface area contributed by atoms with E-state index in [4.69, 9.17) is 0 Å². The summed E-state index contributed by atoms with van der Waals surface area (Å²) in [6.45, 7) is 3.89. The first-order valence-electron chi connectivity index (χ1n) is 10.4. The Morgan fingerprint density at radius 1 is 1.00 bits per heavy atom. The van der Waals surface area contributed by atoms with Gasteiger partial charge in [-0.15, -0.1) is 0 Å². The number of hydrogen-bond acceptors (Lipinski definition) is 3. The minimum Gasteiger partial charge on any atom is -0.355 e. The van der Waals surface area contributed by atoms with Gasteiger partial charge in [0.15, 0.2) is 0 Å². The Bertz CT molecular complexity index is 889. The molecule has 5 nitrogen and oxygen atoms in total. The van der Waals surface area contributed by atoms with Crippen LogP contribution in [0, 0.1) is 0 Å². The predicted molar refractivity (Wildman–Crippen MR) is 115 cm³/mol. The van der Waals surface area contributed by atoms with Gasteiger partial charge >= 0.3 is 0 Å². The zero-order valence-corrected chi connectivity index (χ0v) is 17.8. The molecule has 1 aliphatic rings. The van der Waals surface area contributed by atoms with Gasteiger partial charge in [0.2, 0.25) is 15.9 Å². The molecule has 0 spiro atoms. The number of nitrogens with zero attached hydrogens (tertiary/aromatic N) is 1. The maximum absolute atomic E-state index is 12.7. The number of piperidine rings is 1. The number of hydrogen-bond donors (Lipinski definition) is 1. The molecule has 1 heterocycles. The van der Waals surface area contributed by atoms with Crippen LogP contribution in [0.25, 0.3) is 0 Å². The summed E-state index contributed by atoms with van der Waals surface area (Å²) in [5, 5.41) is 3.01.